The highest BCUT2D eigenvalue weighted by Gasteiger charge is 2.40. The maximum atomic E-state index is 13.1. The molecule has 1 aliphatic carbocycles. The number of rotatable bonds is 5. The summed E-state index contributed by atoms with van der Waals surface area (Å²) in [4.78, 5) is 25.1. The van der Waals surface area contributed by atoms with Crippen molar-refractivity contribution in [2.24, 2.45) is 0 Å². The van der Waals surface area contributed by atoms with Crippen LogP contribution in [0.4, 0.5) is 24.8 Å². The molecule has 0 spiro atoms. The molecular formula is C27H20F3N5O3S. The predicted octanol–water partition coefficient (Wildman–Crippen LogP) is 5.81. The molecular weight excluding hydrogens is 531 g/mol. The Morgan fingerprint density at radius 1 is 1.18 bits per heavy atom. The third-order valence-corrected chi connectivity index (χ3v) is 7.66. The maximum absolute atomic E-state index is 13.1. The molecule has 3 heterocycles. The van der Waals surface area contributed by atoms with E-state index in [0.29, 0.717) is 46.0 Å². The standard InChI is InChI=1S/C27H20F3N5O3S/c1-14-9-20(34-23(10-14)35-22-11-15(6-8-32-22)27(28,29)30)21-13-33-25(39-21)26(38)7-2-3-16-18(12-31)17(24(36)37)4-5-19(16)26/h4-6,8-11,13,38H,2-3,7H2,1H3,(H,36,37)(H,32,34,35)/t26-/m1/s1. The molecule has 1 aromatic carbocycles. The zero-order valence-corrected chi connectivity index (χ0v) is 21.2. The molecule has 3 N–H and O–H groups in total. The first kappa shape index (κ1) is 26.3. The van der Waals surface area contributed by atoms with Gasteiger partial charge in [-0.1, -0.05) is 6.07 Å². The van der Waals surface area contributed by atoms with E-state index >= 15 is 0 Å². The average molecular weight is 552 g/mol. The van der Waals surface area contributed by atoms with E-state index in [-0.39, 0.29) is 22.8 Å². The number of aromatic nitrogens is 3. The highest BCUT2D eigenvalue weighted by Crippen LogP contribution is 2.45. The Kier molecular flexibility index (Phi) is 6.57. The van der Waals surface area contributed by atoms with E-state index in [4.69, 9.17) is 0 Å². The third kappa shape index (κ3) is 4.94. The molecule has 0 aliphatic heterocycles. The Hall–Kier alpha value is -4.34. The van der Waals surface area contributed by atoms with Crippen LogP contribution in [0.2, 0.25) is 0 Å². The van der Waals surface area contributed by atoms with Crippen LogP contribution in [0.3, 0.4) is 0 Å². The number of carbonyl (C=O) groups is 1. The van der Waals surface area contributed by atoms with Crippen LogP contribution in [0.1, 0.15) is 56.0 Å². The van der Waals surface area contributed by atoms with Crippen molar-refractivity contribution in [1.82, 2.24) is 15.0 Å². The van der Waals surface area contributed by atoms with Gasteiger partial charge in [0.05, 0.1) is 27.3 Å². The van der Waals surface area contributed by atoms with Gasteiger partial charge in [-0.25, -0.2) is 19.7 Å². The quantitative estimate of drug-likeness (QED) is 0.283. The highest BCUT2D eigenvalue weighted by molar-refractivity contribution is 7.15. The summed E-state index contributed by atoms with van der Waals surface area (Å²) >= 11 is 1.19. The number of aromatic carboxylic acids is 1. The zero-order valence-electron chi connectivity index (χ0n) is 20.4. The number of fused-ring (bicyclic) bond motifs is 1. The van der Waals surface area contributed by atoms with Gasteiger partial charge in [0.25, 0.3) is 0 Å². The number of aryl methyl sites for hydroxylation is 1. The second kappa shape index (κ2) is 9.76. The smallest absolute Gasteiger partial charge is 0.416 e. The van der Waals surface area contributed by atoms with Crippen LogP contribution >= 0.6 is 11.3 Å². The van der Waals surface area contributed by atoms with E-state index in [1.54, 1.807) is 18.3 Å². The lowest BCUT2D eigenvalue weighted by Gasteiger charge is -2.33. The summed E-state index contributed by atoms with van der Waals surface area (Å²) in [6, 6.07) is 10.1. The van der Waals surface area contributed by atoms with Crippen molar-refractivity contribution in [3.63, 3.8) is 0 Å². The number of hydrogen-bond acceptors (Lipinski definition) is 8. The summed E-state index contributed by atoms with van der Waals surface area (Å²) in [5.41, 5.74) is -0.211. The molecule has 0 fully saturated rings. The van der Waals surface area contributed by atoms with E-state index in [0.717, 1.165) is 23.9 Å². The minimum absolute atomic E-state index is 0.0129. The Bertz CT molecular complexity index is 1650. The number of benzene rings is 1. The number of thiazole rings is 1. The van der Waals surface area contributed by atoms with Crippen LogP contribution in [-0.2, 0) is 18.2 Å². The first-order chi connectivity index (χ1) is 18.5. The van der Waals surface area contributed by atoms with Crippen LogP contribution < -0.4 is 5.32 Å². The molecule has 39 heavy (non-hydrogen) atoms. The minimum atomic E-state index is -4.51. The van der Waals surface area contributed by atoms with Crippen molar-refractivity contribution >= 4 is 28.9 Å². The van der Waals surface area contributed by atoms with Gasteiger partial charge >= 0.3 is 12.1 Å². The highest BCUT2D eigenvalue weighted by atomic mass is 32.1. The Balaban J connectivity index is 1.49. The SMILES string of the molecule is Cc1cc(Nc2cc(C(F)(F)F)ccn2)nc(-c2cnc([C@@]3(O)CCCc4c3ccc(C(=O)O)c4C#N)s2)c1. The van der Waals surface area contributed by atoms with Crippen LogP contribution in [0.25, 0.3) is 10.6 Å². The first-order valence-corrected chi connectivity index (χ1v) is 12.6. The number of anilines is 2. The molecule has 0 saturated carbocycles. The topological polar surface area (TPSA) is 132 Å². The molecule has 198 valence electrons. The fourth-order valence-electron chi connectivity index (χ4n) is 4.73. The molecule has 0 unspecified atom stereocenters. The van der Waals surface area contributed by atoms with Crippen LogP contribution in [-0.4, -0.2) is 31.1 Å². The van der Waals surface area contributed by atoms with Gasteiger partial charge in [-0.3, -0.25) is 0 Å². The number of carboxylic acids is 1. The molecule has 5 rings (SSSR count). The lowest BCUT2D eigenvalue weighted by atomic mass is 9.77. The van der Waals surface area contributed by atoms with Crippen molar-refractivity contribution in [3.05, 3.63) is 87.2 Å². The summed E-state index contributed by atoms with van der Waals surface area (Å²) in [6.07, 6.45) is -0.576. The Morgan fingerprint density at radius 3 is 2.69 bits per heavy atom. The monoisotopic (exact) mass is 551 g/mol. The number of alkyl halides is 3. The van der Waals surface area contributed by atoms with Gasteiger partial charge in [0.2, 0.25) is 0 Å². The Labute approximate surface area is 224 Å². The van der Waals surface area contributed by atoms with Crippen molar-refractivity contribution in [2.75, 3.05) is 5.32 Å². The van der Waals surface area contributed by atoms with Gasteiger partial charge in [-0.15, -0.1) is 11.3 Å². The third-order valence-electron chi connectivity index (χ3n) is 6.49. The van der Waals surface area contributed by atoms with Gasteiger partial charge in [0, 0.05) is 12.4 Å². The lowest BCUT2D eigenvalue weighted by Crippen LogP contribution is -2.32. The molecule has 8 nitrogen and oxygen atoms in total. The average Bonchev–Trinajstić information content (AvgIpc) is 3.39. The number of halogens is 3. The van der Waals surface area contributed by atoms with Crippen molar-refractivity contribution in [2.45, 2.75) is 38.0 Å². The number of carboxylic acid groups (broad SMARTS) is 1. The predicted molar refractivity (Wildman–Crippen MR) is 137 cm³/mol. The molecule has 1 atom stereocenters. The van der Waals surface area contributed by atoms with Crippen LogP contribution in [0, 0.1) is 18.3 Å². The second-order valence-corrected chi connectivity index (χ2v) is 10.2. The van der Waals surface area contributed by atoms with E-state index < -0.39 is 23.3 Å². The molecule has 12 heteroatoms. The summed E-state index contributed by atoms with van der Waals surface area (Å²) in [5, 5.41) is 34.1. The van der Waals surface area contributed by atoms with E-state index in [1.807, 2.05) is 13.0 Å². The van der Waals surface area contributed by atoms with Crippen molar-refractivity contribution < 1.29 is 28.2 Å². The first-order valence-electron chi connectivity index (χ1n) is 11.8. The largest absolute Gasteiger partial charge is 0.478 e. The Morgan fingerprint density at radius 2 is 1.97 bits per heavy atom. The zero-order chi connectivity index (χ0) is 27.9. The van der Waals surface area contributed by atoms with Gasteiger partial charge in [0.1, 0.15) is 28.3 Å². The van der Waals surface area contributed by atoms with Gasteiger partial charge in [0.15, 0.2) is 0 Å². The van der Waals surface area contributed by atoms with Crippen molar-refractivity contribution in [1.29, 1.82) is 5.26 Å². The number of nitrogens with one attached hydrogen (secondary N) is 1. The number of hydrogen-bond donors (Lipinski definition) is 3. The maximum Gasteiger partial charge on any atom is 0.416 e. The summed E-state index contributed by atoms with van der Waals surface area (Å²) < 4.78 is 39.3. The molecule has 0 amide bonds. The number of nitriles is 1. The summed E-state index contributed by atoms with van der Waals surface area (Å²) in [6.45, 7) is 1.81. The fraction of sp³-hybridized carbons (Fsp3) is 0.222. The number of pyridine rings is 2. The van der Waals surface area contributed by atoms with E-state index in [9.17, 15) is 33.4 Å². The molecule has 0 bridgehead atoms. The second-order valence-electron chi connectivity index (χ2n) is 9.14. The lowest BCUT2D eigenvalue weighted by molar-refractivity contribution is -0.137. The van der Waals surface area contributed by atoms with E-state index in [1.165, 1.54) is 23.5 Å². The summed E-state index contributed by atoms with van der Waals surface area (Å²) in [5.74, 6) is -0.940. The summed E-state index contributed by atoms with van der Waals surface area (Å²) in [7, 11) is 0. The van der Waals surface area contributed by atoms with Crippen molar-refractivity contribution in [3.8, 4) is 16.6 Å². The van der Waals surface area contributed by atoms with Crippen LogP contribution in [0.15, 0.2) is 48.8 Å². The van der Waals surface area contributed by atoms with Gasteiger partial charge < -0.3 is 15.5 Å². The molecule has 3 aromatic heterocycles. The number of nitrogens with zero attached hydrogens (tertiary/aromatic N) is 4. The van der Waals surface area contributed by atoms with Crippen LogP contribution in [0.5, 0.6) is 0 Å². The van der Waals surface area contributed by atoms with Gasteiger partial charge in [-0.2, -0.15) is 18.4 Å². The molecule has 4 aromatic rings. The molecule has 0 saturated heterocycles. The van der Waals surface area contributed by atoms with Gasteiger partial charge in [-0.05, 0) is 73.2 Å². The number of aliphatic hydroxyl groups is 1. The molecule has 1 aliphatic rings. The van der Waals surface area contributed by atoms with E-state index in [2.05, 4.69) is 20.3 Å². The molecule has 0 radical (unpaired) electrons. The minimum Gasteiger partial charge on any atom is -0.478 e. The normalized spacial score (nSPS) is 16.8. The fourth-order valence-corrected chi connectivity index (χ4v) is 5.74.